The molecule has 0 saturated carbocycles. The molecule has 0 bridgehead atoms. The number of carbonyl (C=O) groups excluding carboxylic acids is 2. The molecule has 1 atom stereocenters. The molecule has 0 amide bonds. The van der Waals surface area contributed by atoms with Crippen molar-refractivity contribution in [2.45, 2.75) is 39.7 Å². The lowest BCUT2D eigenvalue weighted by molar-refractivity contribution is -0.149. The van der Waals surface area contributed by atoms with Gasteiger partial charge in [0.2, 0.25) is 0 Å². The van der Waals surface area contributed by atoms with E-state index in [1.54, 1.807) is 6.92 Å². The first-order valence-electron chi connectivity index (χ1n) is 6.21. The lowest BCUT2D eigenvalue weighted by atomic mass is 10.3. The molecule has 0 N–H and O–H groups in total. The van der Waals surface area contributed by atoms with Gasteiger partial charge in [-0.15, -0.1) is 0 Å². The standard InChI is InChI=1S/C13H22O5/c1-5-8-17-11(6-2)9-18-13(15)10(4)12(14)16-7-3/h11H,4-9H2,1-3H3. The van der Waals surface area contributed by atoms with Crippen molar-refractivity contribution in [2.75, 3.05) is 19.8 Å². The van der Waals surface area contributed by atoms with Gasteiger partial charge < -0.3 is 14.2 Å². The zero-order chi connectivity index (χ0) is 14.0. The summed E-state index contributed by atoms with van der Waals surface area (Å²) >= 11 is 0. The first kappa shape index (κ1) is 16.6. The molecule has 0 aliphatic rings. The molecule has 0 aromatic heterocycles. The maximum absolute atomic E-state index is 11.5. The van der Waals surface area contributed by atoms with Gasteiger partial charge in [-0.05, 0) is 19.8 Å². The second-order valence-corrected chi connectivity index (χ2v) is 3.70. The van der Waals surface area contributed by atoms with E-state index in [-0.39, 0.29) is 24.9 Å². The van der Waals surface area contributed by atoms with Crippen LogP contribution in [-0.2, 0) is 23.8 Å². The Kier molecular flexibility index (Phi) is 8.92. The Morgan fingerprint density at radius 2 is 1.72 bits per heavy atom. The summed E-state index contributed by atoms with van der Waals surface area (Å²) in [5, 5.41) is 0. The quantitative estimate of drug-likeness (QED) is 0.273. The second-order valence-electron chi connectivity index (χ2n) is 3.70. The number of esters is 2. The van der Waals surface area contributed by atoms with Crippen LogP contribution in [0.4, 0.5) is 0 Å². The first-order valence-corrected chi connectivity index (χ1v) is 6.21. The van der Waals surface area contributed by atoms with Gasteiger partial charge >= 0.3 is 11.9 Å². The molecular formula is C13H22O5. The average molecular weight is 258 g/mol. The second kappa shape index (κ2) is 9.65. The molecule has 5 nitrogen and oxygen atoms in total. The van der Waals surface area contributed by atoms with Crippen LogP contribution in [0.1, 0.15) is 33.6 Å². The lowest BCUT2D eigenvalue weighted by Gasteiger charge is -2.15. The number of hydrogen-bond acceptors (Lipinski definition) is 5. The maximum atomic E-state index is 11.5. The molecule has 0 fully saturated rings. The van der Waals surface area contributed by atoms with Gasteiger partial charge in [-0.3, -0.25) is 0 Å². The van der Waals surface area contributed by atoms with E-state index in [0.717, 1.165) is 12.8 Å². The van der Waals surface area contributed by atoms with Crippen LogP contribution in [0.15, 0.2) is 12.2 Å². The number of carbonyl (C=O) groups is 2. The fourth-order valence-corrected chi connectivity index (χ4v) is 1.13. The fourth-order valence-electron chi connectivity index (χ4n) is 1.13. The van der Waals surface area contributed by atoms with E-state index in [2.05, 4.69) is 11.3 Å². The molecule has 0 radical (unpaired) electrons. The largest absolute Gasteiger partial charge is 0.462 e. The highest BCUT2D eigenvalue weighted by atomic mass is 16.6. The molecule has 18 heavy (non-hydrogen) atoms. The van der Waals surface area contributed by atoms with Crippen LogP contribution in [0, 0.1) is 0 Å². The van der Waals surface area contributed by atoms with Gasteiger partial charge in [0.1, 0.15) is 12.2 Å². The van der Waals surface area contributed by atoms with Crippen LogP contribution < -0.4 is 0 Å². The van der Waals surface area contributed by atoms with Crippen molar-refractivity contribution in [3.05, 3.63) is 12.2 Å². The highest BCUT2D eigenvalue weighted by Crippen LogP contribution is 2.04. The molecule has 0 spiro atoms. The third-order valence-corrected chi connectivity index (χ3v) is 2.18. The SMILES string of the molecule is C=C(C(=O)OCC)C(=O)OCC(CC)OCCC. The first-order chi connectivity index (χ1) is 8.56. The molecule has 0 aliphatic heterocycles. The van der Waals surface area contributed by atoms with Gasteiger partial charge in [0.05, 0.1) is 12.7 Å². The number of hydrogen-bond donors (Lipinski definition) is 0. The predicted molar refractivity (Wildman–Crippen MR) is 67.1 cm³/mol. The van der Waals surface area contributed by atoms with E-state index in [0.29, 0.717) is 6.61 Å². The smallest absolute Gasteiger partial charge is 0.345 e. The highest BCUT2D eigenvalue weighted by molar-refractivity contribution is 6.13. The van der Waals surface area contributed by atoms with Gasteiger partial charge in [-0.1, -0.05) is 20.4 Å². The lowest BCUT2D eigenvalue weighted by Crippen LogP contribution is -2.24. The van der Waals surface area contributed by atoms with Crippen LogP contribution in [0.5, 0.6) is 0 Å². The summed E-state index contributed by atoms with van der Waals surface area (Å²) in [5.41, 5.74) is -0.290. The van der Waals surface area contributed by atoms with Gasteiger partial charge in [0, 0.05) is 6.61 Å². The Morgan fingerprint density at radius 1 is 1.11 bits per heavy atom. The summed E-state index contributed by atoms with van der Waals surface area (Å²) in [7, 11) is 0. The Labute approximate surface area is 108 Å². The van der Waals surface area contributed by atoms with E-state index in [4.69, 9.17) is 9.47 Å². The molecular weight excluding hydrogens is 236 g/mol. The van der Waals surface area contributed by atoms with E-state index in [1.165, 1.54) is 0 Å². The topological polar surface area (TPSA) is 61.8 Å². The zero-order valence-electron chi connectivity index (χ0n) is 11.4. The molecule has 5 heteroatoms. The summed E-state index contributed by atoms with van der Waals surface area (Å²) in [4.78, 5) is 22.7. The number of ether oxygens (including phenoxy) is 3. The van der Waals surface area contributed by atoms with Crippen molar-refractivity contribution in [3.63, 3.8) is 0 Å². The van der Waals surface area contributed by atoms with Crippen molar-refractivity contribution in [3.8, 4) is 0 Å². The van der Waals surface area contributed by atoms with Crippen LogP contribution in [-0.4, -0.2) is 37.9 Å². The van der Waals surface area contributed by atoms with Gasteiger partial charge in [-0.25, -0.2) is 9.59 Å². The maximum Gasteiger partial charge on any atom is 0.345 e. The molecule has 0 aromatic rings. The van der Waals surface area contributed by atoms with E-state index >= 15 is 0 Å². The number of rotatable bonds is 9. The van der Waals surface area contributed by atoms with Crippen molar-refractivity contribution >= 4 is 11.9 Å². The van der Waals surface area contributed by atoms with Crippen LogP contribution in [0.25, 0.3) is 0 Å². The molecule has 0 saturated heterocycles. The summed E-state index contributed by atoms with van der Waals surface area (Å²) in [6.07, 6.45) is 1.49. The molecule has 0 heterocycles. The van der Waals surface area contributed by atoms with Crippen LogP contribution in [0.2, 0.25) is 0 Å². The minimum Gasteiger partial charge on any atom is -0.462 e. The molecule has 0 aliphatic carbocycles. The zero-order valence-corrected chi connectivity index (χ0v) is 11.4. The van der Waals surface area contributed by atoms with Crippen molar-refractivity contribution in [1.82, 2.24) is 0 Å². The van der Waals surface area contributed by atoms with E-state index in [9.17, 15) is 9.59 Å². The average Bonchev–Trinajstić information content (AvgIpc) is 2.38. The predicted octanol–water partition coefficient (Wildman–Crippen LogP) is 1.85. The van der Waals surface area contributed by atoms with Gasteiger partial charge in [-0.2, -0.15) is 0 Å². The van der Waals surface area contributed by atoms with Crippen molar-refractivity contribution in [2.24, 2.45) is 0 Å². The Morgan fingerprint density at radius 3 is 2.22 bits per heavy atom. The van der Waals surface area contributed by atoms with E-state index in [1.807, 2.05) is 13.8 Å². The Balaban J connectivity index is 4.07. The molecule has 0 aromatic carbocycles. The van der Waals surface area contributed by atoms with E-state index < -0.39 is 11.9 Å². The van der Waals surface area contributed by atoms with Crippen LogP contribution >= 0.6 is 0 Å². The summed E-state index contributed by atoms with van der Waals surface area (Å²) < 4.78 is 15.1. The van der Waals surface area contributed by atoms with Crippen molar-refractivity contribution in [1.29, 1.82) is 0 Å². The van der Waals surface area contributed by atoms with Gasteiger partial charge in [0.15, 0.2) is 0 Å². The Hall–Kier alpha value is -1.36. The molecule has 104 valence electrons. The summed E-state index contributed by atoms with van der Waals surface area (Å²) in [5.74, 6) is -1.50. The van der Waals surface area contributed by atoms with Gasteiger partial charge in [0.25, 0.3) is 0 Å². The molecule has 1 unspecified atom stereocenters. The summed E-state index contributed by atoms with van der Waals surface area (Å²) in [6.45, 7) is 9.88. The molecule has 0 rings (SSSR count). The monoisotopic (exact) mass is 258 g/mol. The Bertz CT molecular complexity index is 285. The van der Waals surface area contributed by atoms with Crippen LogP contribution in [0.3, 0.4) is 0 Å². The normalized spacial score (nSPS) is 11.7. The third-order valence-electron chi connectivity index (χ3n) is 2.18. The van der Waals surface area contributed by atoms with Crippen molar-refractivity contribution < 1.29 is 23.8 Å². The highest BCUT2D eigenvalue weighted by Gasteiger charge is 2.19. The third kappa shape index (κ3) is 6.39. The summed E-state index contributed by atoms with van der Waals surface area (Å²) in [6, 6.07) is 0. The fraction of sp³-hybridized carbons (Fsp3) is 0.692. The minimum atomic E-state index is -0.757. The minimum absolute atomic E-state index is 0.119.